The Morgan fingerprint density at radius 1 is 1.08 bits per heavy atom. The standard InChI is InChI=1S/C26H28FN7O3/c27-22-13-18(34-17-20(36-26(34)35)16-33-12-9-28-31-33)7-8-21(22)23-5-4-6-24(29-23)25-14-19(37-30-25)15-32-10-2-1-3-11-32/h4-9,12-14,19-20,30H,1-3,10-11,15-17H2/t19-,20-/m0/s1. The lowest BCUT2D eigenvalue weighted by Crippen LogP contribution is -2.36. The average molecular weight is 506 g/mol. The normalized spacial score (nSPS) is 22.1. The van der Waals surface area contributed by atoms with Gasteiger partial charge in [-0.2, -0.15) is 0 Å². The van der Waals surface area contributed by atoms with Crippen molar-refractivity contribution in [1.82, 2.24) is 30.4 Å². The van der Waals surface area contributed by atoms with Crippen molar-refractivity contribution in [1.29, 1.82) is 0 Å². The summed E-state index contributed by atoms with van der Waals surface area (Å²) >= 11 is 0. The molecule has 1 amide bonds. The molecule has 0 aliphatic carbocycles. The highest BCUT2D eigenvalue weighted by Gasteiger charge is 2.33. The predicted octanol–water partition coefficient (Wildman–Crippen LogP) is 3.23. The number of benzene rings is 1. The molecular weight excluding hydrogens is 477 g/mol. The van der Waals surface area contributed by atoms with E-state index >= 15 is 4.39 Å². The molecule has 1 N–H and O–H groups in total. The number of carbonyl (C=O) groups excluding carboxylic acids is 1. The van der Waals surface area contributed by atoms with E-state index in [1.807, 2.05) is 18.2 Å². The molecule has 2 fully saturated rings. The van der Waals surface area contributed by atoms with Crippen LogP contribution in [-0.4, -0.2) is 69.4 Å². The molecule has 37 heavy (non-hydrogen) atoms. The van der Waals surface area contributed by atoms with E-state index in [4.69, 9.17) is 9.57 Å². The average Bonchev–Trinajstić information content (AvgIpc) is 3.67. The number of carbonyl (C=O) groups is 1. The molecule has 5 heterocycles. The van der Waals surface area contributed by atoms with Crippen molar-refractivity contribution in [3.63, 3.8) is 0 Å². The number of ether oxygens (including phenoxy) is 1. The van der Waals surface area contributed by atoms with Crippen LogP contribution in [0.5, 0.6) is 0 Å². The van der Waals surface area contributed by atoms with Gasteiger partial charge in [-0.1, -0.05) is 17.7 Å². The van der Waals surface area contributed by atoms with E-state index in [2.05, 4.69) is 25.7 Å². The molecule has 192 valence electrons. The second-order valence-corrected chi connectivity index (χ2v) is 9.51. The summed E-state index contributed by atoms with van der Waals surface area (Å²) in [6.45, 7) is 3.72. The number of aromatic nitrogens is 4. The second-order valence-electron chi connectivity index (χ2n) is 9.51. The zero-order valence-corrected chi connectivity index (χ0v) is 20.3. The molecule has 0 radical (unpaired) electrons. The van der Waals surface area contributed by atoms with Gasteiger partial charge in [-0.15, -0.1) is 5.10 Å². The van der Waals surface area contributed by atoms with Crippen LogP contribution in [0.1, 0.15) is 25.0 Å². The molecule has 3 aliphatic rings. The van der Waals surface area contributed by atoms with E-state index < -0.39 is 18.0 Å². The van der Waals surface area contributed by atoms with Crippen LogP contribution in [0.2, 0.25) is 0 Å². The summed E-state index contributed by atoms with van der Waals surface area (Å²) < 4.78 is 22.3. The van der Waals surface area contributed by atoms with Gasteiger partial charge in [0.2, 0.25) is 0 Å². The highest BCUT2D eigenvalue weighted by atomic mass is 19.1. The number of nitrogens with one attached hydrogen (secondary N) is 1. The summed E-state index contributed by atoms with van der Waals surface area (Å²) in [5.74, 6) is -0.470. The van der Waals surface area contributed by atoms with E-state index in [1.165, 1.54) is 30.2 Å². The number of anilines is 1. The first-order valence-corrected chi connectivity index (χ1v) is 12.6. The molecule has 3 aromatic rings. The van der Waals surface area contributed by atoms with Gasteiger partial charge in [0, 0.05) is 18.3 Å². The summed E-state index contributed by atoms with van der Waals surface area (Å²) in [7, 11) is 0. The molecule has 6 rings (SSSR count). The molecule has 1 aromatic carbocycles. The SMILES string of the molecule is O=C1O[C@@H](Cn2ccnn2)CN1c1ccc(-c2cccc(C3=C[C@@H](CN4CCCCC4)ON3)n2)c(F)c1. The number of hydroxylamine groups is 1. The maximum atomic E-state index is 15.2. The highest BCUT2D eigenvalue weighted by Crippen LogP contribution is 2.29. The number of likely N-dealkylation sites (tertiary alicyclic amines) is 1. The van der Waals surface area contributed by atoms with Crippen molar-refractivity contribution < 1.29 is 18.8 Å². The van der Waals surface area contributed by atoms with Gasteiger partial charge >= 0.3 is 6.09 Å². The van der Waals surface area contributed by atoms with Crippen LogP contribution >= 0.6 is 0 Å². The number of nitrogens with zero attached hydrogens (tertiary/aromatic N) is 6. The summed E-state index contributed by atoms with van der Waals surface area (Å²) in [6.07, 6.45) is 8.08. The topological polar surface area (TPSA) is 97.6 Å². The third kappa shape index (κ3) is 5.18. The van der Waals surface area contributed by atoms with E-state index in [1.54, 1.807) is 35.3 Å². The number of cyclic esters (lactones) is 1. The van der Waals surface area contributed by atoms with Crippen LogP contribution in [0.25, 0.3) is 17.0 Å². The van der Waals surface area contributed by atoms with Crippen LogP contribution < -0.4 is 10.4 Å². The molecule has 0 unspecified atom stereocenters. The maximum absolute atomic E-state index is 15.2. The molecule has 0 saturated carbocycles. The van der Waals surface area contributed by atoms with E-state index in [9.17, 15) is 4.79 Å². The lowest BCUT2D eigenvalue weighted by Gasteiger charge is -2.27. The largest absolute Gasteiger partial charge is 0.442 e. The maximum Gasteiger partial charge on any atom is 0.414 e. The molecule has 11 heteroatoms. The minimum atomic E-state index is -0.518. The third-order valence-corrected chi connectivity index (χ3v) is 6.86. The molecule has 2 saturated heterocycles. The van der Waals surface area contributed by atoms with E-state index in [0.717, 1.165) is 25.3 Å². The second kappa shape index (κ2) is 10.3. The number of piperidine rings is 1. The Hall–Kier alpha value is -3.83. The number of halogens is 1. The van der Waals surface area contributed by atoms with Gasteiger partial charge < -0.3 is 9.64 Å². The first-order chi connectivity index (χ1) is 18.1. The van der Waals surface area contributed by atoms with Crippen LogP contribution in [0.4, 0.5) is 14.9 Å². The van der Waals surface area contributed by atoms with Crippen molar-refractivity contribution in [3.05, 3.63) is 66.4 Å². The summed E-state index contributed by atoms with van der Waals surface area (Å²) in [5, 5.41) is 7.66. The van der Waals surface area contributed by atoms with Gasteiger partial charge in [-0.3, -0.25) is 15.2 Å². The third-order valence-electron chi connectivity index (χ3n) is 6.86. The fourth-order valence-corrected chi connectivity index (χ4v) is 5.00. The van der Waals surface area contributed by atoms with Crippen molar-refractivity contribution in [3.8, 4) is 11.3 Å². The number of amides is 1. The minimum Gasteiger partial charge on any atom is -0.442 e. The fraction of sp³-hybridized carbons (Fsp3) is 0.385. The van der Waals surface area contributed by atoms with Crippen LogP contribution in [-0.2, 0) is 16.1 Å². The molecule has 0 spiro atoms. The molecule has 2 aromatic heterocycles. The fourth-order valence-electron chi connectivity index (χ4n) is 5.00. The number of rotatable bonds is 7. The lowest BCUT2D eigenvalue weighted by atomic mass is 10.1. The monoisotopic (exact) mass is 505 g/mol. The van der Waals surface area contributed by atoms with Gasteiger partial charge in [0.25, 0.3) is 0 Å². The molecule has 0 bridgehead atoms. The van der Waals surface area contributed by atoms with Gasteiger partial charge in [0.05, 0.1) is 42.1 Å². The van der Waals surface area contributed by atoms with Crippen molar-refractivity contribution in [2.75, 3.05) is 31.1 Å². The predicted molar refractivity (Wildman–Crippen MR) is 134 cm³/mol. The molecular formula is C26H28FN7O3. The quantitative estimate of drug-likeness (QED) is 0.523. The molecule has 2 atom stereocenters. The van der Waals surface area contributed by atoms with E-state index in [0.29, 0.717) is 35.7 Å². The van der Waals surface area contributed by atoms with Crippen LogP contribution in [0.3, 0.4) is 0 Å². The Kier molecular flexibility index (Phi) is 6.54. The van der Waals surface area contributed by atoms with Crippen molar-refractivity contribution in [2.45, 2.75) is 38.0 Å². The zero-order valence-electron chi connectivity index (χ0n) is 20.3. The zero-order chi connectivity index (χ0) is 25.2. The van der Waals surface area contributed by atoms with Crippen LogP contribution in [0.15, 0.2) is 54.9 Å². The summed E-state index contributed by atoms with van der Waals surface area (Å²) in [6, 6.07) is 10.2. The van der Waals surface area contributed by atoms with Gasteiger partial charge in [0.15, 0.2) is 0 Å². The van der Waals surface area contributed by atoms with Gasteiger partial charge in [0.1, 0.15) is 18.0 Å². The van der Waals surface area contributed by atoms with Crippen LogP contribution in [0, 0.1) is 5.82 Å². The highest BCUT2D eigenvalue weighted by molar-refractivity contribution is 5.90. The Morgan fingerprint density at radius 2 is 1.95 bits per heavy atom. The first-order valence-electron chi connectivity index (χ1n) is 12.6. The minimum absolute atomic E-state index is 0.0526. The molecule has 3 aliphatic heterocycles. The number of pyridine rings is 1. The number of hydrogen-bond acceptors (Lipinski definition) is 8. The summed E-state index contributed by atoms with van der Waals surface area (Å²) in [4.78, 5) is 26.7. The van der Waals surface area contributed by atoms with Gasteiger partial charge in [-0.05, 0) is 62.3 Å². The molecule has 10 nitrogen and oxygen atoms in total. The summed E-state index contributed by atoms with van der Waals surface area (Å²) in [5.41, 5.74) is 5.72. The lowest BCUT2D eigenvalue weighted by molar-refractivity contribution is 0.0247. The van der Waals surface area contributed by atoms with Crippen molar-refractivity contribution >= 4 is 17.5 Å². The van der Waals surface area contributed by atoms with E-state index in [-0.39, 0.29) is 6.10 Å². The smallest absolute Gasteiger partial charge is 0.414 e. The first kappa shape index (κ1) is 23.6. The Balaban J connectivity index is 1.15. The number of hydrogen-bond donors (Lipinski definition) is 1. The Morgan fingerprint density at radius 3 is 2.76 bits per heavy atom. The Labute approximate surface area is 213 Å². The van der Waals surface area contributed by atoms with Crippen molar-refractivity contribution in [2.24, 2.45) is 0 Å². The Bertz CT molecular complexity index is 1290. The van der Waals surface area contributed by atoms with Gasteiger partial charge in [-0.25, -0.2) is 18.9 Å².